The summed E-state index contributed by atoms with van der Waals surface area (Å²) in [5, 5.41) is 23.0. The summed E-state index contributed by atoms with van der Waals surface area (Å²) in [5.41, 5.74) is 2.94. The summed E-state index contributed by atoms with van der Waals surface area (Å²) in [6, 6.07) is 18.6. The summed E-state index contributed by atoms with van der Waals surface area (Å²) in [5.74, 6) is 1.38. The van der Waals surface area contributed by atoms with E-state index in [0.29, 0.717) is 23.9 Å². The minimum atomic E-state index is -4.04. The van der Waals surface area contributed by atoms with Crippen LogP contribution in [0.1, 0.15) is 30.5 Å². The molecule has 1 heterocycles. The molecule has 11 heteroatoms. The van der Waals surface area contributed by atoms with E-state index in [9.17, 15) is 23.4 Å². The number of rotatable bonds is 13. The van der Waals surface area contributed by atoms with Crippen molar-refractivity contribution < 1.29 is 37.6 Å². The normalized spacial score (nSPS) is 14.2. The molecule has 0 fully saturated rings. The van der Waals surface area contributed by atoms with Gasteiger partial charge in [0.15, 0.2) is 11.5 Å². The maximum Gasteiger partial charge on any atom is 0.404 e. The zero-order valence-electron chi connectivity index (χ0n) is 23.3. The van der Waals surface area contributed by atoms with Crippen LogP contribution in [0.4, 0.5) is 4.79 Å². The summed E-state index contributed by atoms with van der Waals surface area (Å²) in [4.78, 5) is 11.6. The standard InChI is InChI=1S/C30H36N2O8S/c1-20(2)16-32(41(36,37)25-11-12-28-29(15-25)40-19-39-28)17-27(33)26(31-30(34)35)14-22-7-9-24(10-8-22)38-18-23-6-4-5-21(3)13-23/h4-13,15,20,26-27,31,33H,14,16-19H2,1-3H3,(H,34,35)/t26-,27+/m0/s1. The van der Waals surface area contributed by atoms with E-state index in [1.165, 1.54) is 22.5 Å². The van der Waals surface area contributed by atoms with Crippen molar-refractivity contribution in [1.29, 1.82) is 0 Å². The van der Waals surface area contributed by atoms with E-state index in [1.807, 2.05) is 45.0 Å². The lowest BCUT2D eigenvalue weighted by atomic mass is 10.0. The molecule has 0 unspecified atom stereocenters. The van der Waals surface area contributed by atoms with Crippen molar-refractivity contribution in [2.45, 2.75) is 50.8 Å². The molecule has 0 aliphatic carbocycles. The number of nitrogens with zero attached hydrogens (tertiary/aromatic N) is 1. The molecule has 3 aromatic carbocycles. The van der Waals surface area contributed by atoms with Gasteiger partial charge in [-0.3, -0.25) is 0 Å². The van der Waals surface area contributed by atoms with Crippen LogP contribution in [-0.4, -0.2) is 61.1 Å². The lowest BCUT2D eigenvalue weighted by Crippen LogP contribution is -2.50. The molecule has 3 aromatic rings. The minimum absolute atomic E-state index is 0.00130. The van der Waals surface area contributed by atoms with Gasteiger partial charge in [-0.05, 0) is 54.7 Å². The zero-order valence-corrected chi connectivity index (χ0v) is 24.1. The molecule has 0 bridgehead atoms. The molecule has 0 saturated heterocycles. The number of sulfonamides is 1. The molecule has 1 aliphatic heterocycles. The second kappa shape index (κ2) is 13.2. The molecule has 0 aromatic heterocycles. The molecular weight excluding hydrogens is 548 g/mol. The predicted molar refractivity (Wildman–Crippen MR) is 153 cm³/mol. The van der Waals surface area contributed by atoms with Crippen LogP contribution in [0.3, 0.4) is 0 Å². The minimum Gasteiger partial charge on any atom is -0.489 e. The summed E-state index contributed by atoms with van der Waals surface area (Å²) >= 11 is 0. The van der Waals surface area contributed by atoms with Crippen molar-refractivity contribution in [2.75, 3.05) is 19.9 Å². The van der Waals surface area contributed by atoms with Crippen molar-refractivity contribution in [3.8, 4) is 17.2 Å². The molecule has 0 radical (unpaired) electrons. The first-order chi connectivity index (χ1) is 19.5. The summed E-state index contributed by atoms with van der Waals surface area (Å²) in [6.07, 6.45) is -2.50. The molecular formula is C30H36N2O8S. The number of fused-ring (bicyclic) bond motifs is 1. The Kier molecular flexibility index (Phi) is 9.74. The number of carboxylic acid groups (broad SMARTS) is 1. The lowest BCUT2D eigenvalue weighted by molar-refractivity contribution is 0.0980. The van der Waals surface area contributed by atoms with Crippen LogP contribution in [0.2, 0.25) is 0 Å². The molecule has 4 rings (SSSR count). The topological polar surface area (TPSA) is 135 Å². The van der Waals surface area contributed by atoms with Crippen molar-refractivity contribution in [1.82, 2.24) is 9.62 Å². The second-order valence-corrected chi connectivity index (χ2v) is 12.4. The summed E-state index contributed by atoms with van der Waals surface area (Å²) in [6.45, 7) is 5.98. The largest absolute Gasteiger partial charge is 0.489 e. The Hall–Kier alpha value is -3.80. The Morgan fingerprint density at radius 1 is 1.00 bits per heavy atom. The third kappa shape index (κ3) is 8.12. The van der Waals surface area contributed by atoms with Crippen LogP contribution < -0.4 is 19.5 Å². The monoisotopic (exact) mass is 584 g/mol. The molecule has 3 N–H and O–H groups in total. The number of benzene rings is 3. The highest BCUT2D eigenvalue weighted by atomic mass is 32.2. The van der Waals surface area contributed by atoms with Gasteiger partial charge in [-0.15, -0.1) is 0 Å². The van der Waals surface area contributed by atoms with Crippen molar-refractivity contribution in [3.63, 3.8) is 0 Å². The quantitative estimate of drug-likeness (QED) is 0.272. The number of amides is 1. The van der Waals surface area contributed by atoms with E-state index in [-0.39, 0.29) is 37.1 Å². The maximum absolute atomic E-state index is 13.6. The van der Waals surface area contributed by atoms with Crippen LogP contribution in [0, 0.1) is 12.8 Å². The summed E-state index contributed by atoms with van der Waals surface area (Å²) in [7, 11) is -4.04. The van der Waals surface area contributed by atoms with E-state index in [4.69, 9.17) is 14.2 Å². The molecule has 2 atom stereocenters. The smallest absolute Gasteiger partial charge is 0.404 e. The van der Waals surface area contributed by atoms with Gasteiger partial charge in [-0.2, -0.15) is 4.31 Å². The van der Waals surface area contributed by atoms with Crippen molar-refractivity contribution in [3.05, 3.63) is 83.4 Å². The first kappa shape index (κ1) is 30.2. The highest BCUT2D eigenvalue weighted by Crippen LogP contribution is 2.35. The van der Waals surface area contributed by atoms with Crippen LogP contribution in [0.25, 0.3) is 0 Å². The number of aliphatic hydroxyl groups excluding tert-OH is 1. The Morgan fingerprint density at radius 3 is 2.41 bits per heavy atom. The fourth-order valence-electron chi connectivity index (χ4n) is 4.59. The van der Waals surface area contributed by atoms with E-state index in [2.05, 4.69) is 5.32 Å². The molecule has 1 amide bonds. The van der Waals surface area contributed by atoms with Crippen molar-refractivity contribution >= 4 is 16.1 Å². The number of nitrogens with one attached hydrogen (secondary N) is 1. The number of carbonyl (C=O) groups is 1. The average Bonchev–Trinajstić information content (AvgIpc) is 3.39. The van der Waals surface area contributed by atoms with Crippen LogP contribution in [0.15, 0.2) is 71.6 Å². The van der Waals surface area contributed by atoms with Gasteiger partial charge in [0.2, 0.25) is 16.8 Å². The third-order valence-electron chi connectivity index (χ3n) is 6.58. The lowest BCUT2D eigenvalue weighted by Gasteiger charge is -2.30. The molecule has 41 heavy (non-hydrogen) atoms. The van der Waals surface area contributed by atoms with Gasteiger partial charge in [-0.25, -0.2) is 13.2 Å². The van der Waals surface area contributed by atoms with Crippen LogP contribution >= 0.6 is 0 Å². The van der Waals surface area contributed by atoms with Crippen molar-refractivity contribution in [2.24, 2.45) is 5.92 Å². The van der Waals surface area contributed by atoms with E-state index in [0.717, 1.165) is 16.7 Å². The van der Waals surface area contributed by atoms with Gasteiger partial charge in [-0.1, -0.05) is 55.8 Å². The molecule has 0 saturated carbocycles. The molecule has 220 valence electrons. The average molecular weight is 585 g/mol. The Balaban J connectivity index is 1.46. The zero-order chi connectivity index (χ0) is 29.6. The Morgan fingerprint density at radius 2 is 1.73 bits per heavy atom. The van der Waals surface area contributed by atoms with E-state index < -0.39 is 28.3 Å². The van der Waals surface area contributed by atoms with Gasteiger partial charge in [0, 0.05) is 19.2 Å². The van der Waals surface area contributed by atoms with Gasteiger partial charge in [0.1, 0.15) is 12.4 Å². The number of hydrogen-bond donors (Lipinski definition) is 3. The Bertz CT molecular complexity index is 1440. The second-order valence-electron chi connectivity index (χ2n) is 10.5. The fraction of sp³-hybridized carbons (Fsp3) is 0.367. The van der Waals surface area contributed by atoms with E-state index in [1.54, 1.807) is 24.3 Å². The highest BCUT2D eigenvalue weighted by molar-refractivity contribution is 7.89. The molecule has 0 spiro atoms. The predicted octanol–water partition coefficient (Wildman–Crippen LogP) is 4.19. The van der Waals surface area contributed by atoms with Gasteiger partial charge in [0.05, 0.1) is 17.0 Å². The third-order valence-corrected chi connectivity index (χ3v) is 8.41. The van der Waals surface area contributed by atoms with Crippen LogP contribution in [-0.2, 0) is 23.1 Å². The first-order valence-corrected chi connectivity index (χ1v) is 14.8. The number of hydrogen-bond acceptors (Lipinski definition) is 7. The maximum atomic E-state index is 13.6. The van der Waals surface area contributed by atoms with Gasteiger partial charge >= 0.3 is 6.09 Å². The number of ether oxygens (including phenoxy) is 3. The molecule has 10 nitrogen and oxygen atoms in total. The number of aliphatic hydroxyl groups is 1. The Labute approximate surface area is 240 Å². The van der Waals surface area contributed by atoms with Gasteiger partial charge < -0.3 is 29.7 Å². The van der Waals surface area contributed by atoms with E-state index >= 15 is 0 Å². The highest BCUT2D eigenvalue weighted by Gasteiger charge is 2.32. The first-order valence-electron chi connectivity index (χ1n) is 13.4. The SMILES string of the molecule is Cc1cccc(COc2ccc(C[C@H](NC(=O)O)[C@H](O)CN(CC(C)C)S(=O)(=O)c3ccc4c(c3)OCO4)cc2)c1. The fourth-order valence-corrected chi connectivity index (χ4v) is 6.22. The number of aryl methyl sites for hydroxylation is 1. The molecule has 1 aliphatic rings. The summed E-state index contributed by atoms with van der Waals surface area (Å²) < 4.78 is 44.9. The van der Waals surface area contributed by atoms with Gasteiger partial charge in [0.25, 0.3) is 0 Å². The van der Waals surface area contributed by atoms with Crippen LogP contribution in [0.5, 0.6) is 17.2 Å².